The Labute approximate surface area is 128 Å². The Kier molecular flexibility index (Phi) is 3.65. The summed E-state index contributed by atoms with van der Waals surface area (Å²) in [6, 6.07) is 3.42. The minimum Gasteiger partial charge on any atom is -0.486 e. The van der Waals surface area contributed by atoms with E-state index in [1.54, 1.807) is 12.1 Å². The maximum Gasteiger partial charge on any atom is 0.328 e. The smallest absolute Gasteiger partial charge is 0.328 e. The summed E-state index contributed by atoms with van der Waals surface area (Å²) in [6.45, 7) is 1.09. The molecule has 1 aromatic carbocycles. The third kappa shape index (κ3) is 2.77. The van der Waals surface area contributed by atoms with Crippen molar-refractivity contribution in [3.8, 4) is 11.5 Å². The summed E-state index contributed by atoms with van der Waals surface area (Å²) in [4.78, 5) is 25.1. The first-order valence-corrected chi connectivity index (χ1v) is 6.87. The first-order valence-electron chi connectivity index (χ1n) is 6.12. The van der Waals surface area contributed by atoms with Crippen molar-refractivity contribution in [3.63, 3.8) is 0 Å². The van der Waals surface area contributed by atoms with Gasteiger partial charge in [-0.2, -0.15) is 0 Å². The number of fused-ring (bicyclic) bond motifs is 1. The monoisotopic (exact) mass is 328 g/mol. The number of nitrogens with zero attached hydrogens (tertiary/aromatic N) is 1. The molecule has 21 heavy (non-hydrogen) atoms. The Morgan fingerprint density at radius 2 is 1.90 bits per heavy atom. The lowest BCUT2D eigenvalue weighted by atomic mass is 10.2. The van der Waals surface area contributed by atoms with Crippen LogP contribution in [0.4, 0.5) is 0 Å². The van der Waals surface area contributed by atoms with Crippen LogP contribution >= 0.6 is 23.2 Å². The molecule has 2 aromatic rings. The van der Waals surface area contributed by atoms with Gasteiger partial charge in [-0.25, -0.2) is 4.79 Å². The highest BCUT2D eigenvalue weighted by atomic mass is 35.5. The van der Waals surface area contributed by atoms with Crippen molar-refractivity contribution in [1.82, 2.24) is 9.55 Å². The van der Waals surface area contributed by atoms with Crippen molar-refractivity contribution in [2.45, 2.75) is 6.54 Å². The van der Waals surface area contributed by atoms with Gasteiger partial charge < -0.3 is 9.47 Å². The number of rotatable bonds is 2. The quantitative estimate of drug-likeness (QED) is 0.909. The Bertz CT molecular complexity index is 813. The third-order valence-corrected chi connectivity index (χ3v) is 3.53. The van der Waals surface area contributed by atoms with E-state index in [1.165, 1.54) is 10.8 Å². The first-order chi connectivity index (χ1) is 10.0. The van der Waals surface area contributed by atoms with Gasteiger partial charge in [0, 0.05) is 6.20 Å². The molecule has 1 N–H and O–H groups in total. The van der Waals surface area contributed by atoms with E-state index in [-0.39, 0.29) is 11.6 Å². The number of aromatic amines is 1. The summed E-state index contributed by atoms with van der Waals surface area (Å²) in [7, 11) is 0. The van der Waals surface area contributed by atoms with Crippen LogP contribution in [0.5, 0.6) is 11.5 Å². The van der Waals surface area contributed by atoms with Crippen molar-refractivity contribution in [1.29, 1.82) is 0 Å². The van der Waals surface area contributed by atoms with Gasteiger partial charge in [0.25, 0.3) is 5.56 Å². The number of hydrogen-bond donors (Lipinski definition) is 1. The molecular formula is C13H10Cl2N2O4. The summed E-state index contributed by atoms with van der Waals surface area (Å²) >= 11 is 11.9. The lowest BCUT2D eigenvalue weighted by Gasteiger charge is -2.20. The van der Waals surface area contributed by atoms with Crippen LogP contribution in [0.25, 0.3) is 0 Å². The Hall–Kier alpha value is -1.92. The molecular weight excluding hydrogens is 319 g/mol. The van der Waals surface area contributed by atoms with Crippen LogP contribution < -0.4 is 20.7 Å². The van der Waals surface area contributed by atoms with Gasteiger partial charge in [-0.15, -0.1) is 0 Å². The SMILES string of the molecule is O=c1[nH]c(=O)n(Cc2cc(Cl)c3c(c2)OCCO3)cc1Cl. The molecule has 0 amide bonds. The van der Waals surface area contributed by atoms with Crippen molar-refractivity contribution < 1.29 is 9.47 Å². The summed E-state index contributed by atoms with van der Waals surface area (Å²) in [5.41, 5.74) is -0.428. The standard InChI is InChI=1S/C13H10Cl2N2O4/c14-8-3-7(4-10-11(8)21-2-1-20-10)5-17-6-9(15)12(18)16-13(17)19/h3-4,6H,1-2,5H2,(H,16,18,19). The lowest BCUT2D eigenvalue weighted by molar-refractivity contribution is 0.171. The number of halogens is 2. The maximum atomic E-state index is 11.7. The number of benzene rings is 1. The van der Waals surface area contributed by atoms with E-state index in [4.69, 9.17) is 32.7 Å². The first kappa shape index (κ1) is 14.0. The van der Waals surface area contributed by atoms with Crippen LogP contribution in [-0.2, 0) is 6.54 Å². The molecule has 0 fully saturated rings. The summed E-state index contributed by atoms with van der Waals surface area (Å²) < 4.78 is 12.2. The molecule has 6 nitrogen and oxygen atoms in total. The molecule has 0 spiro atoms. The number of ether oxygens (including phenoxy) is 2. The second-order valence-electron chi connectivity index (χ2n) is 4.47. The second kappa shape index (κ2) is 5.46. The molecule has 0 bridgehead atoms. The average Bonchev–Trinajstić information content (AvgIpc) is 2.45. The molecule has 1 aliphatic rings. The minimum atomic E-state index is -0.613. The van der Waals surface area contributed by atoms with E-state index in [0.29, 0.717) is 29.7 Å². The van der Waals surface area contributed by atoms with Crippen molar-refractivity contribution in [3.05, 3.63) is 54.8 Å². The van der Waals surface area contributed by atoms with E-state index in [1.807, 2.05) is 0 Å². The highest BCUT2D eigenvalue weighted by Crippen LogP contribution is 2.38. The molecule has 8 heteroatoms. The van der Waals surface area contributed by atoms with Crippen LogP contribution in [-0.4, -0.2) is 22.8 Å². The largest absolute Gasteiger partial charge is 0.486 e. The predicted molar refractivity (Wildman–Crippen MR) is 77.9 cm³/mol. The van der Waals surface area contributed by atoms with Crippen molar-refractivity contribution in [2.24, 2.45) is 0 Å². The molecule has 3 rings (SSSR count). The highest BCUT2D eigenvalue weighted by molar-refractivity contribution is 6.32. The van der Waals surface area contributed by atoms with Gasteiger partial charge in [0.05, 0.1) is 11.6 Å². The van der Waals surface area contributed by atoms with Crippen LogP contribution in [0.15, 0.2) is 27.9 Å². The van der Waals surface area contributed by atoms with Gasteiger partial charge in [0.2, 0.25) is 0 Å². The highest BCUT2D eigenvalue weighted by Gasteiger charge is 2.17. The second-order valence-corrected chi connectivity index (χ2v) is 5.28. The molecule has 110 valence electrons. The average molecular weight is 329 g/mol. The van der Waals surface area contributed by atoms with Crippen LogP contribution in [0, 0.1) is 0 Å². The normalized spacial score (nSPS) is 13.2. The molecule has 1 aromatic heterocycles. The zero-order valence-electron chi connectivity index (χ0n) is 10.7. The van der Waals surface area contributed by atoms with Crippen LogP contribution in [0.2, 0.25) is 10.0 Å². The summed E-state index contributed by atoms with van der Waals surface area (Å²) in [6.07, 6.45) is 1.29. The number of H-pyrrole nitrogens is 1. The van der Waals surface area contributed by atoms with E-state index in [2.05, 4.69) is 4.98 Å². The van der Waals surface area contributed by atoms with Gasteiger partial charge in [0.1, 0.15) is 18.2 Å². The fourth-order valence-electron chi connectivity index (χ4n) is 2.05. The number of aromatic nitrogens is 2. The van der Waals surface area contributed by atoms with Gasteiger partial charge in [-0.3, -0.25) is 14.3 Å². The van der Waals surface area contributed by atoms with E-state index >= 15 is 0 Å². The van der Waals surface area contributed by atoms with E-state index < -0.39 is 11.2 Å². The lowest BCUT2D eigenvalue weighted by Crippen LogP contribution is -2.30. The molecule has 1 aliphatic heterocycles. The summed E-state index contributed by atoms with van der Waals surface area (Å²) in [5.74, 6) is 1.03. The predicted octanol–water partition coefficient (Wildman–Crippen LogP) is 1.66. The van der Waals surface area contributed by atoms with Gasteiger partial charge in [-0.1, -0.05) is 23.2 Å². The Morgan fingerprint density at radius 1 is 1.14 bits per heavy atom. The fraction of sp³-hybridized carbons (Fsp3) is 0.231. The maximum absolute atomic E-state index is 11.7. The van der Waals surface area contributed by atoms with Crippen molar-refractivity contribution >= 4 is 23.2 Å². The zero-order valence-corrected chi connectivity index (χ0v) is 12.2. The Morgan fingerprint density at radius 3 is 2.71 bits per heavy atom. The third-order valence-electron chi connectivity index (χ3n) is 2.98. The fourth-order valence-corrected chi connectivity index (χ4v) is 2.51. The molecule has 0 unspecified atom stereocenters. The molecule has 2 heterocycles. The van der Waals surface area contributed by atoms with Crippen LogP contribution in [0.1, 0.15) is 5.56 Å². The number of hydrogen-bond acceptors (Lipinski definition) is 4. The van der Waals surface area contributed by atoms with Crippen LogP contribution in [0.3, 0.4) is 0 Å². The van der Waals surface area contributed by atoms with Gasteiger partial charge in [-0.05, 0) is 17.7 Å². The Balaban J connectivity index is 1.99. The minimum absolute atomic E-state index is 0.0572. The molecule has 0 radical (unpaired) electrons. The van der Waals surface area contributed by atoms with Gasteiger partial charge >= 0.3 is 5.69 Å². The number of nitrogens with one attached hydrogen (secondary N) is 1. The molecule has 0 aliphatic carbocycles. The van der Waals surface area contributed by atoms with E-state index in [9.17, 15) is 9.59 Å². The molecule has 0 saturated carbocycles. The van der Waals surface area contributed by atoms with E-state index in [0.717, 1.165) is 5.56 Å². The zero-order chi connectivity index (χ0) is 15.0. The van der Waals surface area contributed by atoms with Gasteiger partial charge in [0.15, 0.2) is 11.5 Å². The van der Waals surface area contributed by atoms with Crippen molar-refractivity contribution in [2.75, 3.05) is 13.2 Å². The molecule has 0 saturated heterocycles. The molecule has 0 atom stereocenters. The summed E-state index contributed by atoms with van der Waals surface area (Å²) in [5, 5.41) is 0.351. The topological polar surface area (TPSA) is 73.3 Å².